The Morgan fingerprint density at radius 1 is 1.00 bits per heavy atom. The van der Waals surface area contributed by atoms with Crippen LogP contribution in [0.2, 0.25) is 0 Å². The molecule has 0 saturated carbocycles. The highest BCUT2D eigenvalue weighted by molar-refractivity contribution is 14.0. The van der Waals surface area contributed by atoms with Crippen LogP contribution in [0.3, 0.4) is 0 Å². The lowest BCUT2D eigenvalue weighted by molar-refractivity contribution is 0.572. The molecule has 1 aromatic heterocycles. The maximum atomic E-state index is 5.56. The first-order valence-corrected chi connectivity index (χ1v) is 8.91. The lowest BCUT2D eigenvalue weighted by atomic mass is 10.1. The number of halogens is 1. The smallest absolute Gasteiger partial charge is 0.226 e. The molecule has 5 nitrogen and oxygen atoms in total. The van der Waals surface area contributed by atoms with Gasteiger partial charge in [0.15, 0.2) is 5.96 Å². The third kappa shape index (κ3) is 6.71. The summed E-state index contributed by atoms with van der Waals surface area (Å²) < 4.78 is 5.56. The average molecular weight is 476 g/mol. The Morgan fingerprint density at radius 2 is 1.70 bits per heavy atom. The van der Waals surface area contributed by atoms with Gasteiger partial charge in [-0.15, -0.1) is 24.0 Å². The second-order valence-corrected chi connectivity index (χ2v) is 5.87. The highest BCUT2D eigenvalue weighted by Crippen LogP contribution is 2.18. The number of rotatable bonds is 7. The van der Waals surface area contributed by atoms with Crippen LogP contribution < -0.4 is 10.6 Å². The summed E-state index contributed by atoms with van der Waals surface area (Å²) in [6.45, 7) is 4.16. The summed E-state index contributed by atoms with van der Waals surface area (Å²) in [6, 6.07) is 20.3. The third-order valence-electron chi connectivity index (χ3n) is 3.86. The Morgan fingerprint density at radius 3 is 2.41 bits per heavy atom. The summed E-state index contributed by atoms with van der Waals surface area (Å²) in [5, 5.41) is 6.62. The molecule has 0 aliphatic carbocycles. The fourth-order valence-electron chi connectivity index (χ4n) is 2.56. The Hall–Kier alpha value is -2.35. The van der Waals surface area contributed by atoms with Crippen molar-refractivity contribution in [1.29, 1.82) is 0 Å². The normalized spacial score (nSPS) is 10.9. The molecule has 0 unspecified atom stereocenters. The van der Waals surface area contributed by atoms with E-state index in [-0.39, 0.29) is 24.0 Å². The highest BCUT2D eigenvalue weighted by atomic mass is 127. The maximum absolute atomic E-state index is 5.56. The van der Waals surface area contributed by atoms with Crippen LogP contribution in [0.1, 0.15) is 18.2 Å². The fourth-order valence-corrected chi connectivity index (χ4v) is 2.56. The highest BCUT2D eigenvalue weighted by Gasteiger charge is 2.06. The van der Waals surface area contributed by atoms with E-state index in [9.17, 15) is 0 Å². The summed E-state index contributed by atoms with van der Waals surface area (Å²) in [5.41, 5.74) is 3.08. The standard InChI is InChI=1S/C21H24N4O.HI/c1-2-22-21(23-14-13-17-9-5-3-6-10-17)24-15-19-16-26-20(25-19)18-11-7-4-8-12-18;/h3-12,16H,2,13-15H2,1H3,(H2,22,23,24);1H. The van der Waals surface area contributed by atoms with Crippen LogP contribution in [0.15, 0.2) is 76.3 Å². The van der Waals surface area contributed by atoms with E-state index in [0.29, 0.717) is 12.4 Å². The molecule has 0 amide bonds. The Kier molecular flexibility index (Phi) is 8.83. The number of nitrogens with one attached hydrogen (secondary N) is 2. The summed E-state index contributed by atoms with van der Waals surface area (Å²) in [7, 11) is 0. The van der Waals surface area contributed by atoms with Gasteiger partial charge in [0.2, 0.25) is 5.89 Å². The molecule has 1 heterocycles. The molecule has 6 heteroatoms. The fraction of sp³-hybridized carbons (Fsp3) is 0.238. The lowest BCUT2D eigenvalue weighted by Crippen LogP contribution is -2.38. The van der Waals surface area contributed by atoms with Gasteiger partial charge < -0.3 is 15.1 Å². The second-order valence-electron chi connectivity index (χ2n) is 5.87. The largest absolute Gasteiger partial charge is 0.444 e. The predicted octanol–water partition coefficient (Wildman–Crippen LogP) is 4.26. The topological polar surface area (TPSA) is 62.5 Å². The molecule has 0 aliphatic heterocycles. The number of aromatic nitrogens is 1. The van der Waals surface area contributed by atoms with E-state index < -0.39 is 0 Å². The summed E-state index contributed by atoms with van der Waals surface area (Å²) >= 11 is 0. The van der Waals surface area contributed by atoms with Gasteiger partial charge >= 0.3 is 0 Å². The molecule has 2 aromatic carbocycles. The molecule has 0 saturated heterocycles. The molecule has 0 radical (unpaired) electrons. The van der Waals surface area contributed by atoms with E-state index in [4.69, 9.17) is 4.42 Å². The van der Waals surface area contributed by atoms with Crippen molar-refractivity contribution in [1.82, 2.24) is 15.6 Å². The van der Waals surface area contributed by atoms with E-state index in [1.165, 1.54) is 5.56 Å². The van der Waals surface area contributed by atoms with Crippen LogP contribution >= 0.6 is 24.0 Å². The van der Waals surface area contributed by atoms with Gasteiger partial charge in [-0.2, -0.15) is 0 Å². The van der Waals surface area contributed by atoms with Crippen LogP contribution in [0.4, 0.5) is 0 Å². The van der Waals surface area contributed by atoms with Crippen molar-refractivity contribution in [2.75, 3.05) is 13.1 Å². The number of guanidine groups is 1. The van der Waals surface area contributed by atoms with Crippen LogP contribution in [0.5, 0.6) is 0 Å². The van der Waals surface area contributed by atoms with Crippen LogP contribution in [0.25, 0.3) is 11.5 Å². The molecule has 0 fully saturated rings. The van der Waals surface area contributed by atoms with Gasteiger partial charge in [-0.1, -0.05) is 48.5 Å². The number of nitrogens with zero attached hydrogens (tertiary/aromatic N) is 2. The zero-order valence-electron chi connectivity index (χ0n) is 15.4. The molecule has 2 N–H and O–H groups in total. The molecule has 3 aromatic rings. The van der Waals surface area contributed by atoms with Gasteiger partial charge in [-0.05, 0) is 31.0 Å². The van der Waals surface area contributed by atoms with Crippen molar-refractivity contribution < 1.29 is 4.42 Å². The first-order valence-electron chi connectivity index (χ1n) is 8.91. The maximum Gasteiger partial charge on any atom is 0.226 e. The molecule has 3 rings (SSSR count). The van der Waals surface area contributed by atoms with Crippen molar-refractivity contribution in [2.24, 2.45) is 4.99 Å². The Labute approximate surface area is 177 Å². The van der Waals surface area contributed by atoms with E-state index in [2.05, 4.69) is 51.8 Å². The molecule has 0 bridgehead atoms. The summed E-state index contributed by atoms with van der Waals surface area (Å²) in [4.78, 5) is 9.10. The van der Waals surface area contributed by atoms with Gasteiger partial charge in [-0.25, -0.2) is 9.98 Å². The van der Waals surface area contributed by atoms with Crippen molar-refractivity contribution in [3.05, 3.63) is 78.2 Å². The molecule has 0 aliphatic rings. The Bertz CT molecular complexity index is 818. The van der Waals surface area contributed by atoms with Crippen molar-refractivity contribution in [3.63, 3.8) is 0 Å². The van der Waals surface area contributed by atoms with Crippen molar-refractivity contribution >= 4 is 29.9 Å². The number of hydrogen-bond acceptors (Lipinski definition) is 3. The van der Waals surface area contributed by atoms with Crippen LogP contribution in [-0.4, -0.2) is 24.0 Å². The second kappa shape index (κ2) is 11.4. The minimum Gasteiger partial charge on any atom is -0.444 e. The first kappa shape index (κ1) is 21.0. The lowest BCUT2D eigenvalue weighted by Gasteiger charge is -2.10. The minimum absolute atomic E-state index is 0. The average Bonchev–Trinajstić information content (AvgIpc) is 3.17. The minimum atomic E-state index is 0. The van der Waals surface area contributed by atoms with Crippen molar-refractivity contribution in [2.45, 2.75) is 19.9 Å². The molecule has 27 heavy (non-hydrogen) atoms. The Balaban J connectivity index is 0.00000261. The molecular formula is C21H25IN4O. The van der Waals surface area contributed by atoms with E-state index in [1.807, 2.05) is 36.4 Å². The molecular weight excluding hydrogens is 451 g/mol. The van der Waals surface area contributed by atoms with Gasteiger partial charge in [0.1, 0.15) is 12.0 Å². The molecule has 142 valence electrons. The van der Waals surface area contributed by atoms with E-state index in [1.54, 1.807) is 6.26 Å². The zero-order chi connectivity index (χ0) is 18.0. The van der Waals surface area contributed by atoms with E-state index >= 15 is 0 Å². The van der Waals surface area contributed by atoms with Crippen molar-refractivity contribution in [3.8, 4) is 11.5 Å². The van der Waals surface area contributed by atoms with Gasteiger partial charge in [-0.3, -0.25) is 0 Å². The number of aliphatic imine (C=N–C) groups is 1. The first-order chi connectivity index (χ1) is 12.8. The van der Waals surface area contributed by atoms with Crippen LogP contribution in [-0.2, 0) is 13.0 Å². The van der Waals surface area contributed by atoms with Gasteiger partial charge in [0.05, 0.1) is 6.54 Å². The molecule has 0 atom stereocenters. The number of oxazole rings is 1. The zero-order valence-corrected chi connectivity index (χ0v) is 17.7. The summed E-state index contributed by atoms with van der Waals surface area (Å²) in [6.07, 6.45) is 2.62. The number of benzene rings is 2. The van der Waals surface area contributed by atoms with Crippen LogP contribution in [0, 0.1) is 0 Å². The summed E-state index contributed by atoms with van der Waals surface area (Å²) in [5.74, 6) is 1.41. The van der Waals surface area contributed by atoms with Gasteiger partial charge in [0.25, 0.3) is 0 Å². The van der Waals surface area contributed by atoms with Gasteiger partial charge in [0, 0.05) is 18.7 Å². The predicted molar refractivity (Wildman–Crippen MR) is 120 cm³/mol. The quantitative estimate of drug-likeness (QED) is 0.304. The van der Waals surface area contributed by atoms with E-state index in [0.717, 1.165) is 36.7 Å². The number of hydrogen-bond donors (Lipinski definition) is 2. The molecule has 0 spiro atoms. The third-order valence-corrected chi connectivity index (χ3v) is 3.86. The monoisotopic (exact) mass is 476 g/mol. The SMILES string of the molecule is CCNC(=NCc1coc(-c2ccccc2)n1)NCCc1ccccc1.I.